The molecule has 7 nitrogen and oxygen atoms in total. The van der Waals surface area contributed by atoms with Gasteiger partial charge in [0.25, 0.3) is 0 Å². The summed E-state index contributed by atoms with van der Waals surface area (Å²) in [6, 6.07) is 13.2. The summed E-state index contributed by atoms with van der Waals surface area (Å²) < 4.78 is 16.6. The fourth-order valence-corrected chi connectivity index (χ4v) is 2.55. The molecule has 0 atom stereocenters. The van der Waals surface area contributed by atoms with Crippen molar-refractivity contribution in [3.8, 4) is 11.5 Å². The molecular weight excluding hydrogens is 402 g/mol. The number of carbonyl (C=O) groups excluding carboxylic acids is 1. The van der Waals surface area contributed by atoms with Crippen molar-refractivity contribution in [1.29, 1.82) is 0 Å². The molecule has 0 unspecified atom stereocenters. The molecule has 0 aliphatic heterocycles. The predicted octanol–water partition coefficient (Wildman–Crippen LogP) is 3.88. The average Bonchev–Trinajstić information content (AvgIpc) is 2.67. The molecule has 0 amide bonds. The molecule has 0 fully saturated rings. The van der Waals surface area contributed by atoms with Crippen LogP contribution in [0.15, 0.2) is 63.0 Å². The molecule has 2 aromatic rings. The van der Waals surface area contributed by atoms with Crippen LogP contribution in [0.25, 0.3) is 6.08 Å². The zero-order valence-corrected chi connectivity index (χ0v) is 15.9. The highest BCUT2D eigenvalue weighted by molar-refractivity contribution is 9.10. The molecule has 0 aliphatic carbocycles. The van der Waals surface area contributed by atoms with E-state index in [-0.39, 0.29) is 5.70 Å². The molecule has 0 saturated heterocycles. The smallest absolute Gasteiger partial charge is 0.358 e. The Labute approximate surface area is 159 Å². The van der Waals surface area contributed by atoms with Crippen molar-refractivity contribution in [2.45, 2.75) is 6.61 Å². The molecule has 0 radical (unpaired) electrons. The van der Waals surface area contributed by atoms with Gasteiger partial charge in [-0.2, -0.15) is 0 Å². The lowest BCUT2D eigenvalue weighted by Crippen LogP contribution is -2.03. The molecular formula is C18H18BrN3O4. The zero-order chi connectivity index (χ0) is 18.9. The van der Waals surface area contributed by atoms with Crippen molar-refractivity contribution in [3.05, 3.63) is 63.8 Å². The minimum Gasteiger partial charge on any atom is -0.493 e. The monoisotopic (exact) mass is 419 g/mol. The third-order valence-electron chi connectivity index (χ3n) is 3.37. The first-order chi connectivity index (χ1) is 12.6. The Bertz CT molecular complexity index is 823. The minimum atomic E-state index is -0.659. The van der Waals surface area contributed by atoms with Crippen molar-refractivity contribution in [1.82, 2.24) is 0 Å². The number of rotatable bonds is 7. The van der Waals surface area contributed by atoms with E-state index in [4.69, 9.17) is 15.3 Å². The number of nitrogens with zero attached hydrogens (tertiary/aromatic N) is 2. The summed E-state index contributed by atoms with van der Waals surface area (Å²) in [5.41, 5.74) is 1.60. The van der Waals surface area contributed by atoms with Gasteiger partial charge in [-0.15, -0.1) is 5.11 Å². The summed E-state index contributed by atoms with van der Waals surface area (Å²) in [4.78, 5) is 11.8. The van der Waals surface area contributed by atoms with Crippen LogP contribution in [0.4, 0.5) is 0 Å². The standard InChI is InChI=1S/C18H18BrN3O4/c1-24-16-10-14(19)13(8-15(21-22-20)18(23)25-2)9-17(16)26-11-12-6-4-3-5-7-12/h3-10H,11H2,1-2H3,(H2,20,21). The molecule has 2 aromatic carbocycles. The van der Waals surface area contributed by atoms with Gasteiger partial charge in [0.2, 0.25) is 0 Å². The van der Waals surface area contributed by atoms with Gasteiger partial charge in [-0.1, -0.05) is 51.5 Å². The largest absolute Gasteiger partial charge is 0.493 e. The van der Waals surface area contributed by atoms with E-state index in [1.165, 1.54) is 13.2 Å². The number of carbonyl (C=O) groups is 1. The van der Waals surface area contributed by atoms with Crippen LogP contribution in [0.5, 0.6) is 11.5 Å². The van der Waals surface area contributed by atoms with Gasteiger partial charge in [-0.25, -0.2) is 4.79 Å². The quantitative estimate of drug-likeness (QED) is 0.241. The summed E-state index contributed by atoms with van der Waals surface area (Å²) in [6.45, 7) is 0.369. The Hall–Kier alpha value is -2.87. The SMILES string of the molecule is COC(=O)C(=Cc1cc(OCc2ccccc2)c(OC)cc1Br)N=NN. The Morgan fingerprint density at radius 2 is 1.92 bits per heavy atom. The van der Waals surface area contributed by atoms with E-state index >= 15 is 0 Å². The van der Waals surface area contributed by atoms with Crippen LogP contribution >= 0.6 is 15.9 Å². The number of benzene rings is 2. The van der Waals surface area contributed by atoms with E-state index in [1.54, 1.807) is 19.2 Å². The Morgan fingerprint density at radius 3 is 2.54 bits per heavy atom. The summed E-state index contributed by atoms with van der Waals surface area (Å²) in [6.07, 6.45) is 1.49. The molecule has 0 bridgehead atoms. The van der Waals surface area contributed by atoms with Crippen molar-refractivity contribution in [2.75, 3.05) is 14.2 Å². The highest BCUT2D eigenvalue weighted by atomic mass is 79.9. The van der Waals surface area contributed by atoms with Crippen molar-refractivity contribution in [2.24, 2.45) is 16.2 Å². The maximum Gasteiger partial charge on any atom is 0.358 e. The minimum absolute atomic E-state index is 0.0464. The molecule has 0 heterocycles. The van der Waals surface area contributed by atoms with E-state index in [2.05, 4.69) is 31.0 Å². The number of nitrogens with two attached hydrogens (primary N) is 1. The first kappa shape index (κ1) is 19.5. The number of methoxy groups -OCH3 is 2. The van der Waals surface area contributed by atoms with E-state index < -0.39 is 5.97 Å². The van der Waals surface area contributed by atoms with Gasteiger partial charge in [0.15, 0.2) is 17.2 Å². The van der Waals surface area contributed by atoms with Crippen molar-refractivity contribution < 1.29 is 19.0 Å². The number of halogens is 1. The van der Waals surface area contributed by atoms with Gasteiger partial charge in [0.1, 0.15) is 6.61 Å². The second-order valence-electron chi connectivity index (χ2n) is 5.04. The highest BCUT2D eigenvalue weighted by Gasteiger charge is 2.14. The lowest BCUT2D eigenvalue weighted by atomic mass is 10.1. The molecule has 2 rings (SSSR count). The fraction of sp³-hybridized carbons (Fsp3) is 0.167. The maximum absolute atomic E-state index is 11.8. The molecule has 26 heavy (non-hydrogen) atoms. The van der Waals surface area contributed by atoms with E-state index in [9.17, 15) is 4.79 Å². The van der Waals surface area contributed by atoms with Gasteiger partial charge < -0.3 is 20.1 Å². The number of esters is 1. The average molecular weight is 420 g/mol. The molecule has 2 N–H and O–H groups in total. The second kappa shape index (κ2) is 9.57. The van der Waals surface area contributed by atoms with Gasteiger partial charge >= 0.3 is 5.97 Å². The summed E-state index contributed by atoms with van der Waals surface area (Å²) in [7, 11) is 2.80. The number of hydrogen-bond acceptors (Lipinski definition) is 6. The molecule has 8 heteroatoms. The lowest BCUT2D eigenvalue weighted by Gasteiger charge is -2.13. The van der Waals surface area contributed by atoms with Crippen LogP contribution in [-0.4, -0.2) is 20.2 Å². The number of hydrogen-bond donors (Lipinski definition) is 1. The maximum atomic E-state index is 11.8. The van der Waals surface area contributed by atoms with Crippen LogP contribution in [0, 0.1) is 0 Å². The zero-order valence-electron chi connectivity index (χ0n) is 14.3. The first-order valence-corrected chi connectivity index (χ1v) is 8.33. The Morgan fingerprint density at radius 1 is 1.19 bits per heavy atom. The first-order valence-electron chi connectivity index (χ1n) is 7.54. The summed E-state index contributed by atoms with van der Waals surface area (Å²) >= 11 is 3.43. The molecule has 0 spiro atoms. The van der Waals surface area contributed by atoms with Crippen LogP contribution in [-0.2, 0) is 16.1 Å². The third kappa shape index (κ3) is 5.06. The molecule has 0 aliphatic rings. The molecule has 0 aromatic heterocycles. The molecule has 136 valence electrons. The third-order valence-corrected chi connectivity index (χ3v) is 4.06. The van der Waals surface area contributed by atoms with Gasteiger partial charge in [0, 0.05) is 4.47 Å². The van der Waals surface area contributed by atoms with Crippen LogP contribution in [0.3, 0.4) is 0 Å². The Balaban J connectivity index is 2.37. The van der Waals surface area contributed by atoms with Crippen molar-refractivity contribution in [3.63, 3.8) is 0 Å². The fourth-order valence-electron chi connectivity index (χ4n) is 2.11. The van der Waals surface area contributed by atoms with Crippen LogP contribution in [0.1, 0.15) is 11.1 Å². The summed E-state index contributed by atoms with van der Waals surface area (Å²) in [5, 5.41) is 6.74. The van der Waals surface area contributed by atoms with E-state index in [0.717, 1.165) is 5.56 Å². The molecule has 0 saturated carbocycles. The topological polar surface area (TPSA) is 95.5 Å². The van der Waals surface area contributed by atoms with Crippen LogP contribution in [0.2, 0.25) is 0 Å². The van der Waals surface area contributed by atoms with Crippen molar-refractivity contribution >= 4 is 28.0 Å². The lowest BCUT2D eigenvalue weighted by molar-refractivity contribution is -0.136. The van der Waals surface area contributed by atoms with Gasteiger partial charge in [-0.3, -0.25) is 0 Å². The van der Waals surface area contributed by atoms with E-state index in [0.29, 0.717) is 28.1 Å². The summed E-state index contributed by atoms with van der Waals surface area (Å²) in [5.74, 6) is 5.46. The highest BCUT2D eigenvalue weighted by Crippen LogP contribution is 2.35. The van der Waals surface area contributed by atoms with Gasteiger partial charge in [-0.05, 0) is 29.3 Å². The van der Waals surface area contributed by atoms with Crippen LogP contribution < -0.4 is 15.3 Å². The number of ether oxygens (including phenoxy) is 3. The second-order valence-corrected chi connectivity index (χ2v) is 5.89. The Kier molecular flexibility index (Phi) is 7.16. The normalized spacial score (nSPS) is 11.4. The van der Waals surface area contributed by atoms with E-state index in [1.807, 2.05) is 30.3 Å². The predicted molar refractivity (Wildman–Crippen MR) is 101 cm³/mol. The van der Waals surface area contributed by atoms with Gasteiger partial charge in [0.05, 0.1) is 14.2 Å².